The van der Waals surface area contributed by atoms with E-state index in [0.717, 1.165) is 5.56 Å². The predicted molar refractivity (Wildman–Crippen MR) is 65.0 cm³/mol. The molecule has 0 amide bonds. The molecule has 0 fully saturated rings. The Bertz CT molecular complexity index is 386. The summed E-state index contributed by atoms with van der Waals surface area (Å²) in [5.41, 5.74) is 2.87. The fraction of sp³-hybridized carbons (Fsp3) is 0.286. The van der Waals surface area contributed by atoms with Crippen molar-refractivity contribution in [1.29, 1.82) is 0 Å². The van der Waals surface area contributed by atoms with Gasteiger partial charge >= 0.3 is 0 Å². The number of halogens is 1. The molecule has 0 atom stereocenters. The van der Waals surface area contributed by atoms with E-state index in [9.17, 15) is 4.39 Å². The second kappa shape index (κ2) is 4.92. The Hall–Kier alpha value is -1.37. The van der Waals surface area contributed by atoms with Crippen LogP contribution in [-0.2, 0) is 0 Å². The van der Waals surface area contributed by atoms with Gasteiger partial charge in [0.15, 0.2) is 0 Å². The fourth-order valence-corrected chi connectivity index (χ4v) is 1.24. The summed E-state index contributed by atoms with van der Waals surface area (Å²) in [6, 6.07) is 5.08. The summed E-state index contributed by atoms with van der Waals surface area (Å²) in [4.78, 5) is 0. The van der Waals surface area contributed by atoms with Gasteiger partial charge in [-0.1, -0.05) is 44.2 Å². The summed E-state index contributed by atoms with van der Waals surface area (Å²) in [7, 11) is 0. The van der Waals surface area contributed by atoms with E-state index in [1.54, 1.807) is 6.07 Å². The first-order valence-electron chi connectivity index (χ1n) is 5.14. The van der Waals surface area contributed by atoms with E-state index < -0.39 is 0 Å². The molecule has 0 saturated heterocycles. The molecule has 1 aromatic carbocycles. The summed E-state index contributed by atoms with van der Waals surface area (Å²) in [5.74, 6) is 0.298. The van der Waals surface area contributed by atoms with Gasteiger partial charge in [-0.05, 0) is 30.5 Å². The summed E-state index contributed by atoms with van der Waals surface area (Å²) >= 11 is 0. The van der Waals surface area contributed by atoms with Gasteiger partial charge in [0, 0.05) is 5.56 Å². The predicted octanol–water partition coefficient (Wildman–Crippen LogP) is 4.53. The molecule has 0 unspecified atom stereocenters. The van der Waals surface area contributed by atoms with Crippen molar-refractivity contribution in [1.82, 2.24) is 0 Å². The summed E-state index contributed by atoms with van der Waals surface area (Å²) < 4.78 is 13.2. The highest BCUT2D eigenvalue weighted by Gasteiger charge is 2.00. The molecule has 1 aromatic rings. The minimum atomic E-state index is -0.218. The molecule has 0 aromatic heterocycles. The van der Waals surface area contributed by atoms with Gasteiger partial charge in [-0.3, -0.25) is 0 Å². The number of hydrogen-bond acceptors (Lipinski definition) is 0. The molecule has 0 bridgehead atoms. The van der Waals surface area contributed by atoms with Crippen LogP contribution < -0.4 is 0 Å². The molecule has 0 aliphatic carbocycles. The zero-order valence-corrected chi connectivity index (χ0v) is 9.55. The molecule has 0 radical (unpaired) electrons. The van der Waals surface area contributed by atoms with Crippen LogP contribution >= 0.6 is 0 Å². The first-order valence-corrected chi connectivity index (χ1v) is 5.14. The second-order valence-corrected chi connectivity index (χ2v) is 4.03. The normalized spacial score (nSPS) is 11.9. The van der Waals surface area contributed by atoms with E-state index >= 15 is 0 Å². The van der Waals surface area contributed by atoms with Gasteiger partial charge in [-0.15, -0.1) is 0 Å². The van der Waals surface area contributed by atoms with Crippen LogP contribution in [0.4, 0.5) is 4.39 Å². The molecule has 0 aliphatic rings. The number of hydrogen-bond donors (Lipinski definition) is 0. The second-order valence-electron chi connectivity index (χ2n) is 4.03. The zero-order valence-electron chi connectivity index (χ0n) is 9.55. The topological polar surface area (TPSA) is 0 Å². The Balaban J connectivity index is 3.07. The SMILES string of the molecule is C=Cc1cc(/C=C(/C)C(C)C)ccc1F. The van der Waals surface area contributed by atoms with Crippen LogP contribution in [0.25, 0.3) is 12.2 Å². The third-order valence-electron chi connectivity index (χ3n) is 2.54. The van der Waals surface area contributed by atoms with E-state index in [-0.39, 0.29) is 5.82 Å². The standard InChI is InChI=1S/C14H17F/c1-5-13-9-12(6-7-14(13)15)8-11(4)10(2)3/h5-10H,1H2,2-4H3/b11-8-. The highest BCUT2D eigenvalue weighted by atomic mass is 19.1. The molecule has 0 heterocycles. The molecule has 0 aliphatic heterocycles. The van der Waals surface area contributed by atoms with E-state index in [4.69, 9.17) is 0 Å². The van der Waals surface area contributed by atoms with E-state index in [1.165, 1.54) is 17.7 Å². The highest BCUT2D eigenvalue weighted by molar-refractivity contribution is 5.59. The van der Waals surface area contributed by atoms with E-state index in [0.29, 0.717) is 11.5 Å². The smallest absolute Gasteiger partial charge is 0.130 e. The van der Waals surface area contributed by atoms with Gasteiger partial charge in [0.2, 0.25) is 0 Å². The lowest BCUT2D eigenvalue weighted by Gasteiger charge is -2.05. The maximum absolute atomic E-state index is 13.2. The molecule has 80 valence electrons. The first kappa shape index (κ1) is 11.7. The molecular weight excluding hydrogens is 187 g/mol. The molecule has 1 rings (SSSR count). The minimum absolute atomic E-state index is 0.218. The van der Waals surface area contributed by atoms with Crippen LogP contribution in [0.5, 0.6) is 0 Å². The Morgan fingerprint density at radius 2 is 2.07 bits per heavy atom. The van der Waals surface area contributed by atoms with Crippen molar-refractivity contribution < 1.29 is 4.39 Å². The van der Waals surface area contributed by atoms with Gasteiger partial charge in [0.05, 0.1) is 0 Å². The van der Waals surface area contributed by atoms with Crippen molar-refractivity contribution in [2.24, 2.45) is 5.92 Å². The summed E-state index contributed by atoms with van der Waals surface area (Å²) in [5, 5.41) is 0. The molecule has 1 heteroatoms. The van der Waals surface area contributed by atoms with Crippen LogP contribution in [0.1, 0.15) is 31.9 Å². The van der Waals surface area contributed by atoms with Crippen LogP contribution in [0.2, 0.25) is 0 Å². The minimum Gasteiger partial charge on any atom is -0.206 e. The lowest BCUT2D eigenvalue weighted by molar-refractivity contribution is 0.625. The molecular formula is C14H17F. The lowest BCUT2D eigenvalue weighted by atomic mass is 10.0. The molecule has 0 nitrogen and oxygen atoms in total. The van der Waals surface area contributed by atoms with Gasteiger partial charge in [-0.25, -0.2) is 4.39 Å². The van der Waals surface area contributed by atoms with Crippen molar-refractivity contribution in [2.75, 3.05) is 0 Å². The van der Waals surface area contributed by atoms with Crippen molar-refractivity contribution >= 4 is 12.2 Å². The monoisotopic (exact) mass is 204 g/mol. The number of benzene rings is 1. The first-order chi connectivity index (χ1) is 7.04. The van der Waals surface area contributed by atoms with Gasteiger partial charge in [0.25, 0.3) is 0 Å². The van der Waals surface area contributed by atoms with Crippen molar-refractivity contribution in [3.63, 3.8) is 0 Å². The third kappa shape index (κ3) is 3.05. The molecule has 0 spiro atoms. The van der Waals surface area contributed by atoms with Crippen LogP contribution in [0, 0.1) is 11.7 Å². The van der Waals surface area contributed by atoms with Crippen molar-refractivity contribution in [2.45, 2.75) is 20.8 Å². The lowest BCUT2D eigenvalue weighted by Crippen LogP contribution is -1.89. The molecule has 0 N–H and O–H groups in total. The maximum atomic E-state index is 13.2. The van der Waals surface area contributed by atoms with Crippen molar-refractivity contribution in [3.05, 3.63) is 47.3 Å². The average molecular weight is 204 g/mol. The van der Waals surface area contributed by atoms with Crippen LogP contribution in [0.15, 0.2) is 30.4 Å². The number of allylic oxidation sites excluding steroid dienone is 1. The quantitative estimate of drug-likeness (QED) is 0.678. The Labute approximate surface area is 91.1 Å². The largest absolute Gasteiger partial charge is 0.206 e. The van der Waals surface area contributed by atoms with Gasteiger partial charge < -0.3 is 0 Å². The van der Waals surface area contributed by atoms with Gasteiger partial charge in [0.1, 0.15) is 5.82 Å². The summed E-state index contributed by atoms with van der Waals surface area (Å²) in [6.45, 7) is 9.96. The zero-order chi connectivity index (χ0) is 11.4. The highest BCUT2D eigenvalue weighted by Crippen LogP contribution is 2.17. The summed E-state index contributed by atoms with van der Waals surface area (Å²) in [6.07, 6.45) is 3.62. The average Bonchev–Trinajstić information content (AvgIpc) is 2.20. The van der Waals surface area contributed by atoms with E-state index in [2.05, 4.69) is 33.4 Å². The third-order valence-corrected chi connectivity index (χ3v) is 2.54. The van der Waals surface area contributed by atoms with Crippen molar-refractivity contribution in [3.8, 4) is 0 Å². The molecule has 0 saturated carbocycles. The molecule has 15 heavy (non-hydrogen) atoms. The Morgan fingerprint density at radius 1 is 1.40 bits per heavy atom. The fourth-order valence-electron chi connectivity index (χ4n) is 1.24. The Morgan fingerprint density at radius 3 is 2.60 bits per heavy atom. The Kier molecular flexibility index (Phi) is 3.84. The van der Waals surface area contributed by atoms with Crippen LogP contribution in [-0.4, -0.2) is 0 Å². The maximum Gasteiger partial charge on any atom is 0.130 e. The van der Waals surface area contributed by atoms with E-state index in [1.807, 2.05) is 6.07 Å². The number of rotatable bonds is 3. The van der Waals surface area contributed by atoms with Gasteiger partial charge in [-0.2, -0.15) is 0 Å². The van der Waals surface area contributed by atoms with Crippen LogP contribution in [0.3, 0.4) is 0 Å².